The lowest BCUT2D eigenvalue weighted by Crippen LogP contribution is -2.14. The van der Waals surface area contributed by atoms with E-state index in [0.717, 1.165) is 11.2 Å². The molecule has 72 valence electrons. The summed E-state index contributed by atoms with van der Waals surface area (Å²) < 4.78 is 0. The second-order valence-electron chi connectivity index (χ2n) is 4.11. The molecular weight excluding hydrogens is 164 g/mol. The molecule has 0 atom stereocenters. The van der Waals surface area contributed by atoms with Gasteiger partial charge in [-0.25, -0.2) is 0 Å². The fourth-order valence-electron chi connectivity index (χ4n) is 1.79. The van der Waals surface area contributed by atoms with Crippen LogP contribution in [0.25, 0.3) is 0 Å². The Kier molecular flexibility index (Phi) is 5.13. The molecule has 0 aliphatic heterocycles. The molecule has 0 saturated heterocycles. The van der Waals surface area contributed by atoms with E-state index in [2.05, 4.69) is 25.6 Å². The van der Waals surface area contributed by atoms with Gasteiger partial charge >= 0.3 is 0 Å². The highest BCUT2D eigenvalue weighted by Gasteiger charge is 2.17. The number of hydrogen-bond acceptors (Lipinski definition) is 1. The van der Waals surface area contributed by atoms with Gasteiger partial charge in [-0.2, -0.15) is 11.8 Å². The van der Waals surface area contributed by atoms with E-state index >= 15 is 0 Å². The Morgan fingerprint density at radius 2 is 1.83 bits per heavy atom. The number of thioether (sulfide) groups is 1. The van der Waals surface area contributed by atoms with Gasteiger partial charge in [0.25, 0.3) is 0 Å². The average Bonchev–Trinajstić information content (AvgIpc) is 2.09. The Bertz CT molecular complexity index is 104. The highest BCUT2D eigenvalue weighted by atomic mass is 32.2. The lowest BCUT2D eigenvalue weighted by Gasteiger charge is -2.25. The first-order valence-electron chi connectivity index (χ1n) is 5.44. The average molecular weight is 186 g/mol. The second-order valence-corrected chi connectivity index (χ2v) is 5.51. The molecular formula is C11H22S. The van der Waals surface area contributed by atoms with Gasteiger partial charge in [-0.15, -0.1) is 0 Å². The number of rotatable bonds is 4. The number of unbranched alkanes of at least 4 members (excludes halogenated alkanes) is 1. The molecule has 0 aromatic carbocycles. The number of hydrogen-bond donors (Lipinski definition) is 0. The fourth-order valence-corrected chi connectivity index (χ4v) is 3.18. The van der Waals surface area contributed by atoms with Gasteiger partial charge in [0, 0.05) is 5.25 Å². The van der Waals surface area contributed by atoms with Gasteiger partial charge in [-0.1, -0.05) is 20.3 Å². The van der Waals surface area contributed by atoms with Crippen molar-refractivity contribution in [1.82, 2.24) is 0 Å². The minimum absolute atomic E-state index is 1.01. The zero-order valence-electron chi connectivity index (χ0n) is 8.51. The summed E-state index contributed by atoms with van der Waals surface area (Å²) in [5.41, 5.74) is 0. The molecule has 0 aromatic heterocycles. The smallest absolute Gasteiger partial charge is 0.00472 e. The second kappa shape index (κ2) is 5.90. The van der Waals surface area contributed by atoms with Crippen molar-refractivity contribution in [2.24, 2.45) is 5.92 Å². The van der Waals surface area contributed by atoms with Crippen LogP contribution in [0.15, 0.2) is 0 Å². The summed E-state index contributed by atoms with van der Waals surface area (Å²) in [5.74, 6) is 2.41. The fraction of sp³-hybridized carbons (Fsp3) is 1.00. The zero-order valence-corrected chi connectivity index (χ0v) is 9.33. The van der Waals surface area contributed by atoms with Crippen molar-refractivity contribution in [3.63, 3.8) is 0 Å². The first-order chi connectivity index (χ1) is 5.83. The molecule has 0 aromatic rings. The molecule has 1 heteroatoms. The quantitative estimate of drug-likeness (QED) is 0.596. The SMILES string of the molecule is CCCCSC1CCC(C)CC1. The highest BCUT2D eigenvalue weighted by molar-refractivity contribution is 7.99. The van der Waals surface area contributed by atoms with E-state index in [9.17, 15) is 0 Å². The van der Waals surface area contributed by atoms with Crippen LogP contribution in [-0.2, 0) is 0 Å². The third-order valence-electron chi connectivity index (χ3n) is 2.81. The summed E-state index contributed by atoms with van der Waals surface area (Å²) in [5, 5.41) is 1.01. The minimum atomic E-state index is 1.01. The van der Waals surface area contributed by atoms with Crippen molar-refractivity contribution in [1.29, 1.82) is 0 Å². The summed E-state index contributed by atoms with van der Waals surface area (Å²) in [7, 11) is 0. The molecule has 1 aliphatic carbocycles. The predicted molar refractivity (Wildman–Crippen MR) is 58.8 cm³/mol. The third-order valence-corrected chi connectivity index (χ3v) is 4.28. The van der Waals surface area contributed by atoms with Gasteiger partial charge in [0.05, 0.1) is 0 Å². The van der Waals surface area contributed by atoms with E-state index in [1.54, 1.807) is 0 Å². The Hall–Kier alpha value is 0.350. The van der Waals surface area contributed by atoms with Gasteiger partial charge in [0.1, 0.15) is 0 Å². The lowest BCUT2D eigenvalue weighted by molar-refractivity contribution is 0.393. The Morgan fingerprint density at radius 1 is 1.17 bits per heavy atom. The van der Waals surface area contributed by atoms with E-state index < -0.39 is 0 Å². The van der Waals surface area contributed by atoms with Crippen molar-refractivity contribution < 1.29 is 0 Å². The standard InChI is InChI=1S/C11H22S/c1-3-4-9-12-11-7-5-10(2)6-8-11/h10-11H,3-9H2,1-2H3. The van der Waals surface area contributed by atoms with Crippen LogP contribution in [0.3, 0.4) is 0 Å². The van der Waals surface area contributed by atoms with E-state index in [1.165, 1.54) is 44.3 Å². The van der Waals surface area contributed by atoms with Crippen molar-refractivity contribution in [2.45, 2.75) is 57.6 Å². The molecule has 0 bridgehead atoms. The molecule has 0 N–H and O–H groups in total. The minimum Gasteiger partial charge on any atom is -0.159 e. The lowest BCUT2D eigenvalue weighted by atomic mass is 9.91. The maximum absolute atomic E-state index is 2.40. The van der Waals surface area contributed by atoms with Crippen LogP contribution in [0.4, 0.5) is 0 Å². The molecule has 0 unspecified atom stereocenters. The molecule has 1 rings (SSSR count). The molecule has 12 heavy (non-hydrogen) atoms. The highest BCUT2D eigenvalue weighted by Crippen LogP contribution is 2.31. The topological polar surface area (TPSA) is 0 Å². The van der Waals surface area contributed by atoms with Crippen molar-refractivity contribution in [3.8, 4) is 0 Å². The summed E-state index contributed by atoms with van der Waals surface area (Å²) in [6.07, 6.45) is 8.69. The van der Waals surface area contributed by atoms with Crippen LogP contribution in [0.5, 0.6) is 0 Å². The van der Waals surface area contributed by atoms with Crippen molar-refractivity contribution in [3.05, 3.63) is 0 Å². The van der Waals surface area contributed by atoms with Gasteiger partial charge < -0.3 is 0 Å². The van der Waals surface area contributed by atoms with Crippen molar-refractivity contribution >= 4 is 11.8 Å². The first kappa shape index (κ1) is 10.4. The summed E-state index contributed by atoms with van der Waals surface area (Å²) in [4.78, 5) is 0. The molecule has 1 saturated carbocycles. The van der Waals surface area contributed by atoms with Crippen LogP contribution < -0.4 is 0 Å². The van der Waals surface area contributed by atoms with Gasteiger partial charge in [0.2, 0.25) is 0 Å². The Balaban J connectivity index is 2.01. The Morgan fingerprint density at radius 3 is 2.42 bits per heavy atom. The van der Waals surface area contributed by atoms with E-state index in [4.69, 9.17) is 0 Å². The summed E-state index contributed by atoms with van der Waals surface area (Å²) >= 11 is 2.22. The van der Waals surface area contributed by atoms with Gasteiger partial charge in [-0.3, -0.25) is 0 Å². The third kappa shape index (κ3) is 3.84. The molecule has 0 radical (unpaired) electrons. The predicted octanol–water partition coefficient (Wildman–Crippen LogP) is 4.10. The van der Waals surface area contributed by atoms with Crippen LogP contribution in [0.2, 0.25) is 0 Å². The van der Waals surface area contributed by atoms with Crippen LogP contribution >= 0.6 is 11.8 Å². The van der Waals surface area contributed by atoms with Crippen LogP contribution in [0, 0.1) is 5.92 Å². The maximum atomic E-state index is 2.40. The van der Waals surface area contributed by atoms with Crippen LogP contribution in [-0.4, -0.2) is 11.0 Å². The molecule has 0 spiro atoms. The summed E-state index contributed by atoms with van der Waals surface area (Å²) in [6.45, 7) is 4.68. The largest absolute Gasteiger partial charge is 0.159 e. The summed E-state index contributed by atoms with van der Waals surface area (Å²) in [6, 6.07) is 0. The van der Waals surface area contributed by atoms with E-state index in [0.29, 0.717) is 0 Å². The zero-order chi connectivity index (χ0) is 8.81. The van der Waals surface area contributed by atoms with Crippen molar-refractivity contribution in [2.75, 3.05) is 5.75 Å². The molecule has 0 amide bonds. The molecule has 1 aliphatic rings. The normalized spacial score (nSPS) is 30.5. The van der Waals surface area contributed by atoms with E-state index in [1.807, 2.05) is 0 Å². The van der Waals surface area contributed by atoms with Gasteiger partial charge in [-0.05, 0) is 43.8 Å². The molecule has 1 fully saturated rings. The van der Waals surface area contributed by atoms with Crippen LogP contribution in [0.1, 0.15) is 52.4 Å². The molecule has 0 heterocycles. The molecule has 0 nitrogen and oxygen atoms in total. The Labute approximate surface area is 81.5 Å². The monoisotopic (exact) mass is 186 g/mol. The maximum Gasteiger partial charge on any atom is 0.00472 e. The van der Waals surface area contributed by atoms with Gasteiger partial charge in [0.15, 0.2) is 0 Å². The first-order valence-corrected chi connectivity index (χ1v) is 6.49. The van der Waals surface area contributed by atoms with E-state index in [-0.39, 0.29) is 0 Å².